The van der Waals surface area contributed by atoms with Crippen LogP contribution >= 0.6 is 0 Å². The van der Waals surface area contributed by atoms with Gasteiger partial charge in [0.25, 0.3) is 0 Å². The van der Waals surface area contributed by atoms with E-state index in [1.165, 1.54) is 37.4 Å². The Morgan fingerprint density at radius 2 is 1.87 bits per heavy atom. The van der Waals surface area contributed by atoms with Crippen molar-refractivity contribution in [2.75, 3.05) is 12.8 Å². The highest BCUT2D eigenvalue weighted by Gasteiger charge is 2.23. The zero-order valence-corrected chi connectivity index (χ0v) is 12.9. The Bertz CT molecular complexity index is 991. The molecule has 1 heterocycles. The number of carbonyl (C=O) groups is 1. The average molecular weight is 331 g/mol. The Hall–Kier alpha value is -2.87. The number of rotatable bonds is 3. The zero-order valence-electron chi connectivity index (χ0n) is 12.1. The second-order valence-electron chi connectivity index (χ2n) is 4.81. The number of anilines is 1. The van der Waals surface area contributed by atoms with Crippen molar-refractivity contribution in [3.8, 4) is 0 Å². The first-order valence-corrected chi connectivity index (χ1v) is 8.09. The number of H-pyrrole nitrogens is 1. The van der Waals surface area contributed by atoms with Crippen LogP contribution in [0.3, 0.4) is 0 Å². The van der Waals surface area contributed by atoms with Crippen molar-refractivity contribution in [2.24, 2.45) is 0 Å². The van der Waals surface area contributed by atoms with Gasteiger partial charge >= 0.3 is 5.97 Å². The molecule has 3 aromatic rings. The molecule has 0 amide bonds. The molecule has 2 aromatic carbocycles. The van der Waals surface area contributed by atoms with Crippen LogP contribution < -0.4 is 5.73 Å². The summed E-state index contributed by atoms with van der Waals surface area (Å²) in [7, 11) is -2.59. The number of carbonyl (C=O) groups excluding carboxylic acids is 1. The number of sulfone groups is 1. The number of methoxy groups -OCH3 is 1. The predicted molar refractivity (Wildman–Crippen MR) is 83.7 cm³/mol. The minimum absolute atomic E-state index is 0.0605. The monoisotopic (exact) mass is 331 g/mol. The largest absolute Gasteiger partial charge is 0.465 e. The van der Waals surface area contributed by atoms with Crippen LogP contribution in [0, 0.1) is 0 Å². The van der Waals surface area contributed by atoms with Gasteiger partial charge in [0.1, 0.15) is 5.52 Å². The number of nitrogens with zero attached hydrogens (tertiary/aromatic N) is 1. The molecule has 3 N–H and O–H groups in total. The molecule has 3 rings (SSSR count). The zero-order chi connectivity index (χ0) is 16.6. The Balaban J connectivity index is 2.17. The first-order valence-electron chi connectivity index (χ1n) is 6.61. The number of nitrogen functional groups attached to an aromatic ring is 1. The number of aromatic amines is 1. The van der Waals surface area contributed by atoms with Gasteiger partial charge in [0.05, 0.1) is 23.1 Å². The molecule has 1 aromatic heterocycles. The van der Waals surface area contributed by atoms with Gasteiger partial charge < -0.3 is 15.5 Å². The molecule has 0 aliphatic heterocycles. The van der Waals surface area contributed by atoms with E-state index in [1.54, 1.807) is 12.1 Å². The van der Waals surface area contributed by atoms with E-state index in [4.69, 9.17) is 5.73 Å². The maximum absolute atomic E-state index is 12.6. The van der Waals surface area contributed by atoms with E-state index >= 15 is 0 Å². The summed E-state index contributed by atoms with van der Waals surface area (Å²) in [5, 5.41) is -0.242. The number of ether oxygens (including phenoxy) is 1. The fourth-order valence-electron chi connectivity index (χ4n) is 2.17. The number of fused-ring (bicyclic) bond motifs is 1. The Morgan fingerprint density at radius 3 is 2.52 bits per heavy atom. The molecule has 0 spiro atoms. The van der Waals surface area contributed by atoms with Crippen molar-refractivity contribution in [1.29, 1.82) is 0 Å². The number of imidazole rings is 1. The molecule has 0 aliphatic carbocycles. The number of para-hydroxylation sites is 1. The van der Waals surface area contributed by atoms with Crippen molar-refractivity contribution in [3.05, 3.63) is 48.0 Å². The molecular weight excluding hydrogens is 318 g/mol. The first-order chi connectivity index (χ1) is 10.9. The maximum Gasteiger partial charge on any atom is 0.340 e. The summed E-state index contributed by atoms with van der Waals surface area (Å²) < 4.78 is 29.9. The summed E-state index contributed by atoms with van der Waals surface area (Å²) in [4.78, 5) is 18.6. The smallest absolute Gasteiger partial charge is 0.340 e. The third-order valence-electron chi connectivity index (χ3n) is 3.34. The molecule has 8 heteroatoms. The van der Waals surface area contributed by atoms with Crippen molar-refractivity contribution in [2.45, 2.75) is 10.1 Å². The lowest BCUT2D eigenvalue weighted by molar-refractivity contribution is 0.0602. The molecule has 0 radical (unpaired) electrons. The van der Waals surface area contributed by atoms with Crippen LogP contribution in [0.15, 0.2) is 52.5 Å². The van der Waals surface area contributed by atoms with Gasteiger partial charge in [0, 0.05) is 5.69 Å². The summed E-state index contributed by atoms with van der Waals surface area (Å²) in [5.74, 6) is -0.585. The van der Waals surface area contributed by atoms with Gasteiger partial charge in [0.15, 0.2) is 0 Å². The van der Waals surface area contributed by atoms with E-state index in [0.29, 0.717) is 11.2 Å². The number of nitrogens with one attached hydrogen (secondary N) is 1. The lowest BCUT2D eigenvalue weighted by atomic mass is 10.2. The van der Waals surface area contributed by atoms with E-state index in [-0.39, 0.29) is 21.1 Å². The van der Waals surface area contributed by atoms with Crippen molar-refractivity contribution >= 4 is 32.5 Å². The number of esters is 1. The highest BCUT2D eigenvalue weighted by molar-refractivity contribution is 7.91. The third kappa shape index (κ3) is 2.53. The quantitative estimate of drug-likeness (QED) is 0.558. The molecule has 0 saturated carbocycles. The van der Waals surface area contributed by atoms with Crippen molar-refractivity contribution < 1.29 is 17.9 Å². The summed E-state index contributed by atoms with van der Waals surface area (Å²) in [6.07, 6.45) is 0. The van der Waals surface area contributed by atoms with Crippen LogP contribution in [0.25, 0.3) is 11.0 Å². The fraction of sp³-hybridized carbons (Fsp3) is 0.0667. The molecule has 0 atom stereocenters. The molecule has 0 bridgehead atoms. The Kier molecular flexibility index (Phi) is 3.53. The SMILES string of the molecule is COC(=O)c1cccc2[nH]c(S(=O)(=O)c3ccc(N)cc3)nc12. The Labute approximate surface area is 132 Å². The summed E-state index contributed by atoms with van der Waals surface area (Å²) in [6, 6.07) is 10.6. The lowest BCUT2D eigenvalue weighted by Gasteiger charge is -2.01. The van der Waals surface area contributed by atoms with Gasteiger partial charge in [-0.1, -0.05) is 6.07 Å². The summed E-state index contributed by atoms with van der Waals surface area (Å²) in [5.41, 5.74) is 6.90. The number of aromatic nitrogens is 2. The Morgan fingerprint density at radius 1 is 1.17 bits per heavy atom. The van der Waals surface area contributed by atoms with Crippen LogP contribution in [0.1, 0.15) is 10.4 Å². The van der Waals surface area contributed by atoms with Gasteiger partial charge in [0.2, 0.25) is 15.0 Å². The minimum Gasteiger partial charge on any atom is -0.465 e. The third-order valence-corrected chi connectivity index (χ3v) is 4.94. The number of nitrogens with two attached hydrogens (primary N) is 1. The summed E-state index contributed by atoms with van der Waals surface area (Å²) >= 11 is 0. The molecule has 7 nitrogen and oxygen atoms in total. The predicted octanol–water partition coefficient (Wildman–Crippen LogP) is 1.76. The highest BCUT2D eigenvalue weighted by Crippen LogP contribution is 2.24. The van der Waals surface area contributed by atoms with Crippen LogP contribution in [0.5, 0.6) is 0 Å². The molecule has 0 saturated heterocycles. The van der Waals surface area contributed by atoms with Gasteiger partial charge in [-0.15, -0.1) is 0 Å². The topological polar surface area (TPSA) is 115 Å². The van der Waals surface area contributed by atoms with Gasteiger partial charge in [-0.3, -0.25) is 0 Å². The first kappa shape index (κ1) is 15.0. The maximum atomic E-state index is 12.6. The van der Waals surface area contributed by atoms with E-state index in [9.17, 15) is 13.2 Å². The summed E-state index contributed by atoms with van der Waals surface area (Å²) in [6.45, 7) is 0. The molecule has 0 aliphatic rings. The van der Waals surface area contributed by atoms with Crippen molar-refractivity contribution in [3.63, 3.8) is 0 Å². The van der Waals surface area contributed by atoms with Crippen LogP contribution in [-0.4, -0.2) is 31.5 Å². The molecule has 118 valence electrons. The second-order valence-corrected chi connectivity index (χ2v) is 6.67. The van der Waals surface area contributed by atoms with Gasteiger partial charge in [-0.2, -0.15) is 0 Å². The van der Waals surface area contributed by atoms with Gasteiger partial charge in [-0.25, -0.2) is 18.2 Å². The standard InChI is InChI=1S/C15H13N3O4S/c1-22-14(19)11-3-2-4-12-13(11)18-15(17-12)23(20,21)10-7-5-9(16)6-8-10/h2-8H,16H2,1H3,(H,17,18). The van der Waals surface area contributed by atoms with Gasteiger partial charge in [-0.05, 0) is 36.4 Å². The van der Waals surface area contributed by atoms with Crippen LogP contribution in [0.2, 0.25) is 0 Å². The van der Waals surface area contributed by atoms with Crippen molar-refractivity contribution in [1.82, 2.24) is 9.97 Å². The molecule has 23 heavy (non-hydrogen) atoms. The molecule has 0 fully saturated rings. The second kappa shape index (κ2) is 5.40. The normalized spacial score (nSPS) is 11.5. The minimum atomic E-state index is -3.84. The van der Waals surface area contributed by atoms with E-state index in [2.05, 4.69) is 14.7 Å². The number of hydrogen-bond donors (Lipinski definition) is 2. The van der Waals surface area contributed by atoms with E-state index in [0.717, 1.165) is 0 Å². The fourth-order valence-corrected chi connectivity index (χ4v) is 3.34. The molecule has 0 unspecified atom stereocenters. The van der Waals surface area contributed by atoms with Crippen LogP contribution in [0.4, 0.5) is 5.69 Å². The highest BCUT2D eigenvalue weighted by atomic mass is 32.2. The number of benzene rings is 2. The van der Waals surface area contributed by atoms with E-state index < -0.39 is 15.8 Å². The van der Waals surface area contributed by atoms with E-state index in [1.807, 2.05) is 0 Å². The number of hydrogen-bond acceptors (Lipinski definition) is 6. The van der Waals surface area contributed by atoms with Crippen LogP contribution in [-0.2, 0) is 14.6 Å². The molecular formula is C15H13N3O4S. The lowest BCUT2D eigenvalue weighted by Crippen LogP contribution is -2.05. The average Bonchev–Trinajstić information content (AvgIpc) is 2.99.